The summed E-state index contributed by atoms with van der Waals surface area (Å²) in [4.78, 5) is 54.1. The van der Waals surface area contributed by atoms with Crippen molar-refractivity contribution in [2.24, 2.45) is 17.8 Å². The number of imide groups is 1. The first-order chi connectivity index (χ1) is 16.3. The maximum absolute atomic E-state index is 12.9. The fourth-order valence-electron chi connectivity index (χ4n) is 5.45. The number of carbonyl (C=O) groups is 4. The molecular weight excluding hydrogens is 432 g/mol. The van der Waals surface area contributed by atoms with E-state index in [4.69, 9.17) is 4.74 Å². The molecule has 3 aliphatic rings. The van der Waals surface area contributed by atoms with Crippen LogP contribution in [0.3, 0.4) is 0 Å². The van der Waals surface area contributed by atoms with E-state index in [2.05, 4.69) is 0 Å². The summed E-state index contributed by atoms with van der Waals surface area (Å²) in [7, 11) is 0. The van der Waals surface area contributed by atoms with E-state index in [0.29, 0.717) is 17.0 Å². The number of nitrogens with zero attached hydrogens (tertiary/aromatic N) is 2. The quantitative estimate of drug-likeness (QED) is 0.392. The lowest BCUT2D eigenvalue weighted by Gasteiger charge is -2.19. The zero-order valence-corrected chi connectivity index (χ0v) is 19.5. The number of carbonyl (C=O) groups excluding carboxylic acids is 4. The average molecular weight is 461 g/mol. The molecule has 7 heteroatoms. The average Bonchev–Trinajstić information content (AvgIpc) is 3.32. The predicted octanol–water partition coefficient (Wildman–Crippen LogP) is 3.94. The van der Waals surface area contributed by atoms with Gasteiger partial charge in [0.2, 0.25) is 17.7 Å². The number of amides is 3. The molecule has 0 radical (unpaired) electrons. The van der Waals surface area contributed by atoms with Crippen LogP contribution in [0.4, 0.5) is 11.4 Å². The van der Waals surface area contributed by atoms with Gasteiger partial charge in [-0.2, -0.15) is 0 Å². The number of fused-ring (bicyclic) bond motifs is 1. The third-order valence-electron chi connectivity index (χ3n) is 7.24. The van der Waals surface area contributed by atoms with Crippen molar-refractivity contribution in [3.63, 3.8) is 0 Å². The van der Waals surface area contributed by atoms with E-state index in [9.17, 15) is 19.2 Å². The molecule has 2 aliphatic heterocycles. The first kappa shape index (κ1) is 22.3. The molecular formula is C27H28N2O5. The molecule has 3 atom stereocenters. The van der Waals surface area contributed by atoms with Crippen molar-refractivity contribution in [2.75, 3.05) is 16.3 Å². The Kier molecular flexibility index (Phi) is 5.71. The lowest BCUT2D eigenvalue weighted by Crippen LogP contribution is -2.31. The number of aryl methyl sites for hydroxylation is 2. The molecule has 7 nitrogen and oxygen atoms in total. The number of hydrogen-bond acceptors (Lipinski definition) is 5. The zero-order chi connectivity index (χ0) is 24.0. The Balaban J connectivity index is 1.28. The van der Waals surface area contributed by atoms with Gasteiger partial charge in [0, 0.05) is 18.7 Å². The third-order valence-corrected chi connectivity index (χ3v) is 7.24. The van der Waals surface area contributed by atoms with Gasteiger partial charge in [-0.1, -0.05) is 25.0 Å². The second kappa shape index (κ2) is 8.70. The van der Waals surface area contributed by atoms with Gasteiger partial charge in [-0.05, 0) is 68.1 Å². The minimum Gasteiger partial charge on any atom is -0.426 e. The smallest absolute Gasteiger partial charge is 0.316 e. The van der Waals surface area contributed by atoms with E-state index < -0.39 is 11.9 Å². The van der Waals surface area contributed by atoms with Crippen molar-refractivity contribution >= 4 is 35.1 Å². The number of esters is 1. The van der Waals surface area contributed by atoms with E-state index in [0.717, 1.165) is 36.9 Å². The minimum atomic E-state index is -0.558. The van der Waals surface area contributed by atoms with E-state index in [1.807, 2.05) is 31.2 Å². The summed E-state index contributed by atoms with van der Waals surface area (Å²) in [6, 6.07) is 12.6. The molecule has 0 bridgehead atoms. The molecule has 2 saturated heterocycles. The summed E-state index contributed by atoms with van der Waals surface area (Å²) in [5, 5.41) is 0. The number of rotatable bonds is 4. The molecule has 1 saturated carbocycles. The molecule has 176 valence electrons. The van der Waals surface area contributed by atoms with Crippen LogP contribution in [0.1, 0.15) is 43.2 Å². The molecule has 0 spiro atoms. The summed E-state index contributed by atoms with van der Waals surface area (Å²) >= 11 is 0. The van der Waals surface area contributed by atoms with Crippen molar-refractivity contribution in [1.82, 2.24) is 0 Å². The monoisotopic (exact) mass is 460 g/mol. The van der Waals surface area contributed by atoms with Crippen LogP contribution in [0, 0.1) is 31.6 Å². The van der Waals surface area contributed by atoms with E-state index >= 15 is 0 Å². The van der Waals surface area contributed by atoms with Crippen LogP contribution in [0.25, 0.3) is 0 Å². The molecule has 1 aliphatic carbocycles. The van der Waals surface area contributed by atoms with Gasteiger partial charge in [0.15, 0.2) is 0 Å². The van der Waals surface area contributed by atoms with Crippen LogP contribution in [0.2, 0.25) is 0 Å². The van der Waals surface area contributed by atoms with Crippen LogP contribution in [-0.4, -0.2) is 30.2 Å². The summed E-state index contributed by atoms with van der Waals surface area (Å²) < 4.78 is 5.60. The van der Waals surface area contributed by atoms with Gasteiger partial charge >= 0.3 is 5.97 Å². The summed E-state index contributed by atoms with van der Waals surface area (Å²) in [5.74, 6) is -1.46. The second-order valence-corrected chi connectivity index (χ2v) is 9.62. The highest BCUT2D eigenvalue weighted by Gasteiger charge is 2.49. The molecule has 5 rings (SSSR count). The van der Waals surface area contributed by atoms with Gasteiger partial charge in [0.1, 0.15) is 5.75 Å². The standard InChI is InChI=1S/C27H28N2O5/c1-16-6-5-7-19(12-16)28-15-18(14-24(28)30)27(33)34-20-10-11-23(17(2)13-20)29-25(31)21-8-3-4-9-22(21)26(29)32/h5-7,10-13,18,21-22H,3-4,8-9,14-15H2,1-2H3/t18-,21-,22+/m0/s1. The summed E-state index contributed by atoms with van der Waals surface area (Å²) in [6.45, 7) is 4.03. The molecule has 2 heterocycles. The molecule has 3 fully saturated rings. The van der Waals surface area contributed by atoms with Gasteiger partial charge < -0.3 is 9.64 Å². The normalized spacial score (nSPS) is 24.5. The summed E-state index contributed by atoms with van der Waals surface area (Å²) in [5.41, 5.74) is 3.06. The van der Waals surface area contributed by atoms with Gasteiger partial charge in [-0.15, -0.1) is 0 Å². The number of ether oxygens (including phenoxy) is 1. The van der Waals surface area contributed by atoms with Crippen LogP contribution >= 0.6 is 0 Å². The Hall–Kier alpha value is -3.48. The Morgan fingerprint density at radius 1 is 0.941 bits per heavy atom. The van der Waals surface area contributed by atoms with E-state index in [-0.39, 0.29) is 42.5 Å². The molecule has 0 aromatic heterocycles. The first-order valence-electron chi connectivity index (χ1n) is 11.9. The number of benzene rings is 2. The van der Waals surface area contributed by atoms with Crippen LogP contribution in [0.5, 0.6) is 5.75 Å². The predicted molar refractivity (Wildman–Crippen MR) is 126 cm³/mol. The number of anilines is 2. The second-order valence-electron chi connectivity index (χ2n) is 9.62. The molecule has 2 aromatic rings. The fraction of sp³-hybridized carbons (Fsp3) is 0.407. The minimum absolute atomic E-state index is 0.101. The third kappa shape index (κ3) is 3.89. The molecule has 3 amide bonds. The Morgan fingerprint density at radius 2 is 1.65 bits per heavy atom. The van der Waals surface area contributed by atoms with E-state index in [1.165, 1.54) is 4.90 Å². The topological polar surface area (TPSA) is 84.0 Å². The number of hydrogen-bond donors (Lipinski definition) is 0. The van der Waals surface area contributed by atoms with Gasteiger partial charge in [0.05, 0.1) is 23.4 Å². The van der Waals surface area contributed by atoms with Gasteiger partial charge in [0.25, 0.3) is 0 Å². The molecule has 34 heavy (non-hydrogen) atoms. The van der Waals surface area contributed by atoms with Crippen molar-refractivity contribution < 1.29 is 23.9 Å². The Bertz CT molecular complexity index is 1170. The highest BCUT2D eigenvalue weighted by atomic mass is 16.5. The molecule has 0 N–H and O–H groups in total. The molecule has 0 unspecified atom stereocenters. The van der Waals surface area contributed by atoms with Crippen molar-refractivity contribution in [3.8, 4) is 5.75 Å². The highest BCUT2D eigenvalue weighted by Crippen LogP contribution is 2.41. The maximum Gasteiger partial charge on any atom is 0.316 e. The van der Waals surface area contributed by atoms with Crippen molar-refractivity contribution in [2.45, 2.75) is 46.0 Å². The first-order valence-corrected chi connectivity index (χ1v) is 11.9. The van der Waals surface area contributed by atoms with Gasteiger partial charge in [-0.3, -0.25) is 19.2 Å². The van der Waals surface area contributed by atoms with Crippen LogP contribution in [-0.2, 0) is 19.2 Å². The molecule has 2 aromatic carbocycles. The Morgan fingerprint density at radius 3 is 2.29 bits per heavy atom. The largest absolute Gasteiger partial charge is 0.426 e. The SMILES string of the molecule is Cc1cccc(N2C[C@@H](C(=O)Oc3ccc(N4C(=O)[C@H]5CCCC[C@H]5C4=O)c(C)c3)CC2=O)c1. The van der Waals surface area contributed by atoms with E-state index in [1.54, 1.807) is 30.0 Å². The highest BCUT2D eigenvalue weighted by molar-refractivity contribution is 6.22. The van der Waals surface area contributed by atoms with Crippen molar-refractivity contribution in [3.05, 3.63) is 53.6 Å². The fourth-order valence-corrected chi connectivity index (χ4v) is 5.45. The summed E-state index contributed by atoms with van der Waals surface area (Å²) in [6.07, 6.45) is 3.59. The van der Waals surface area contributed by atoms with Crippen LogP contribution in [0.15, 0.2) is 42.5 Å². The van der Waals surface area contributed by atoms with Crippen LogP contribution < -0.4 is 14.5 Å². The van der Waals surface area contributed by atoms with Crippen molar-refractivity contribution in [1.29, 1.82) is 0 Å². The lowest BCUT2D eigenvalue weighted by molar-refractivity contribution is -0.139. The lowest BCUT2D eigenvalue weighted by atomic mass is 9.81. The Labute approximate surface area is 198 Å². The maximum atomic E-state index is 12.9. The van der Waals surface area contributed by atoms with Gasteiger partial charge in [-0.25, -0.2) is 4.90 Å². The zero-order valence-electron chi connectivity index (χ0n) is 19.5.